The van der Waals surface area contributed by atoms with E-state index in [-0.39, 0.29) is 5.75 Å². The van der Waals surface area contributed by atoms with Gasteiger partial charge in [0.1, 0.15) is 11.5 Å². The third-order valence-electron chi connectivity index (χ3n) is 3.03. The second-order valence-corrected chi connectivity index (χ2v) is 4.51. The first-order valence-electron chi connectivity index (χ1n) is 6.16. The lowest BCUT2D eigenvalue weighted by Gasteiger charge is -2.08. The molecule has 2 N–H and O–H groups in total. The molecule has 0 amide bonds. The largest absolute Gasteiger partial charge is 0.508 e. The zero-order chi connectivity index (χ0) is 13.8. The maximum Gasteiger partial charge on any atom is 0.120 e. The number of hydrogen-bond donors (Lipinski definition) is 2. The van der Waals surface area contributed by atoms with Gasteiger partial charge in [-0.3, -0.25) is 4.68 Å². The van der Waals surface area contributed by atoms with Crippen molar-refractivity contribution < 1.29 is 9.84 Å². The molecule has 102 valence electrons. The molecule has 2 rings (SSSR count). The monoisotopic (exact) mass is 261 g/mol. The van der Waals surface area contributed by atoms with Gasteiger partial charge in [-0.2, -0.15) is 5.10 Å². The normalized spacial score (nSPS) is 10.7. The molecule has 0 spiro atoms. The Labute approximate surface area is 112 Å². The molecule has 0 unspecified atom stereocenters. The van der Waals surface area contributed by atoms with Crippen LogP contribution in [0.3, 0.4) is 0 Å². The molecule has 19 heavy (non-hydrogen) atoms. The van der Waals surface area contributed by atoms with Crippen LogP contribution in [-0.4, -0.2) is 22.0 Å². The minimum absolute atomic E-state index is 0.274. The molecule has 5 heteroatoms. The Morgan fingerprint density at radius 3 is 2.68 bits per heavy atom. The highest BCUT2D eigenvalue weighted by Gasteiger charge is 2.05. The van der Waals surface area contributed by atoms with E-state index in [0.717, 1.165) is 29.1 Å². The van der Waals surface area contributed by atoms with Gasteiger partial charge in [0.2, 0.25) is 0 Å². The van der Waals surface area contributed by atoms with Gasteiger partial charge in [-0.1, -0.05) is 0 Å². The van der Waals surface area contributed by atoms with Crippen LogP contribution in [0.25, 0.3) is 0 Å². The first-order chi connectivity index (χ1) is 9.10. The average molecular weight is 261 g/mol. The van der Waals surface area contributed by atoms with Gasteiger partial charge >= 0.3 is 0 Å². The van der Waals surface area contributed by atoms with Crippen molar-refractivity contribution in [1.29, 1.82) is 0 Å². The highest BCUT2D eigenvalue weighted by Crippen LogP contribution is 2.22. The lowest BCUT2D eigenvalue weighted by atomic mass is 10.2. The molecule has 0 radical (unpaired) electrons. The van der Waals surface area contributed by atoms with Gasteiger partial charge < -0.3 is 15.2 Å². The van der Waals surface area contributed by atoms with Crippen molar-refractivity contribution in [1.82, 2.24) is 15.1 Å². The molecule has 0 atom stereocenters. The molecule has 0 aliphatic rings. The minimum Gasteiger partial charge on any atom is -0.508 e. The van der Waals surface area contributed by atoms with Crippen LogP contribution in [0.5, 0.6) is 11.5 Å². The van der Waals surface area contributed by atoms with Crippen molar-refractivity contribution in [2.45, 2.75) is 20.0 Å². The average Bonchev–Trinajstić information content (AvgIpc) is 2.70. The second kappa shape index (κ2) is 5.75. The number of ether oxygens (including phenoxy) is 1. The van der Waals surface area contributed by atoms with Crippen LogP contribution in [0.4, 0.5) is 0 Å². The van der Waals surface area contributed by atoms with Gasteiger partial charge in [-0.05, 0) is 25.1 Å². The quantitative estimate of drug-likeness (QED) is 0.860. The summed E-state index contributed by atoms with van der Waals surface area (Å²) in [5.41, 5.74) is 3.00. The van der Waals surface area contributed by atoms with E-state index >= 15 is 0 Å². The SMILES string of the molecule is COc1ccc(O)c(CNCc2cn(C)nc2C)c1. The van der Waals surface area contributed by atoms with Crippen LogP contribution >= 0.6 is 0 Å². The van der Waals surface area contributed by atoms with E-state index in [4.69, 9.17) is 4.74 Å². The van der Waals surface area contributed by atoms with Crippen LogP contribution in [0.1, 0.15) is 16.8 Å². The first-order valence-corrected chi connectivity index (χ1v) is 6.16. The molecule has 0 fully saturated rings. The lowest BCUT2D eigenvalue weighted by molar-refractivity contribution is 0.410. The van der Waals surface area contributed by atoms with Crippen LogP contribution < -0.4 is 10.1 Å². The van der Waals surface area contributed by atoms with Crippen LogP contribution in [0.15, 0.2) is 24.4 Å². The van der Waals surface area contributed by atoms with Gasteiger partial charge in [-0.15, -0.1) is 0 Å². The summed E-state index contributed by atoms with van der Waals surface area (Å²) in [7, 11) is 3.52. The summed E-state index contributed by atoms with van der Waals surface area (Å²) < 4.78 is 6.95. The van der Waals surface area contributed by atoms with Crippen LogP contribution in [-0.2, 0) is 20.1 Å². The molecule has 5 nitrogen and oxygen atoms in total. The summed E-state index contributed by atoms with van der Waals surface area (Å²) in [6, 6.07) is 5.22. The van der Waals surface area contributed by atoms with Gasteiger partial charge in [0.25, 0.3) is 0 Å². The van der Waals surface area contributed by atoms with Gasteiger partial charge in [-0.25, -0.2) is 0 Å². The fourth-order valence-electron chi connectivity index (χ4n) is 1.98. The van der Waals surface area contributed by atoms with E-state index in [2.05, 4.69) is 10.4 Å². The molecule has 0 saturated heterocycles. The van der Waals surface area contributed by atoms with E-state index in [9.17, 15) is 5.11 Å². The number of phenolic OH excluding ortho intramolecular Hbond substituents is 1. The number of phenols is 1. The molecule has 1 aromatic carbocycles. The molecule has 1 aromatic heterocycles. The number of nitrogens with one attached hydrogen (secondary N) is 1. The highest BCUT2D eigenvalue weighted by molar-refractivity contribution is 5.39. The Morgan fingerprint density at radius 1 is 1.32 bits per heavy atom. The smallest absolute Gasteiger partial charge is 0.120 e. The van der Waals surface area contributed by atoms with Crippen molar-refractivity contribution in [3.05, 3.63) is 41.2 Å². The van der Waals surface area contributed by atoms with Crippen molar-refractivity contribution in [2.24, 2.45) is 7.05 Å². The molecule has 0 aliphatic heterocycles. The summed E-state index contributed by atoms with van der Waals surface area (Å²) in [6.07, 6.45) is 1.99. The van der Waals surface area contributed by atoms with Crippen molar-refractivity contribution >= 4 is 0 Å². The van der Waals surface area contributed by atoms with E-state index in [1.54, 1.807) is 23.9 Å². The topological polar surface area (TPSA) is 59.3 Å². The maximum absolute atomic E-state index is 9.77. The van der Waals surface area contributed by atoms with Gasteiger partial charge in [0.15, 0.2) is 0 Å². The number of hydrogen-bond acceptors (Lipinski definition) is 4. The molecular formula is C14H19N3O2. The van der Waals surface area contributed by atoms with Crippen LogP contribution in [0.2, 0.25) is 0 Å². The minimum atomic E-state index is 0.274. The van der Waals surface area contributed by atoms with E-state index < -0.39 is 0 Å². The molecule has 0 saturated carbocycles. The van der Waals surface area contributed by atoms with Crippen molar-refractivity contribution in [2.75, 3.05) is 7.11 Å². The fourth-order valence-corrected chi connectivity index (χ4v) is 1.98. The zero-order valence-corrected chi connectivity index (χ0v) is 11.5. The zero-order valence-electron chi connectivity index (χ0n) is 11.5. The Bertz CT molecular complexity index is 564. The number of rotatable bonds is 5. The third kappa shape index (κ3) is 3.26. The summed E-state index contributed by atoms with van der Waals surface area (Å²) in [5.74, 6) is 1.02. The number of nitrogens with zero attached hydrogens (tertiary/aromatic N) is 2. The van der Waals surface area contributed by atoms with E-state index in [0.29, 0.717) is 6.54 Å². The van der Waals surface area contributed by atoms with Gasteiger partial charge in [0.05, 0.1) is 12.8 Å². The maximum atomic E-state index is 9.77. The number of aromatic nitrogens is 2. The van der Waals surface area contributed by atoms with Crippen molar-refractivity contribution in [3.8, 4) is 11.5 Å². The van der Waals surface area contributed by atoms with Crippen molar-refractivity contribution in [3.63, 3.8) is 0 Å². The van der Waals surface area contributed by atoms with Gasteiger partial charge in [0, 0.05) is 37.5 Å². The fraction of sp³-hybridized carbons (Fsp3) is 0.357. The van der Waals surface area contributed by atoms with E-state index in [1.807, 2.05) is 26.2 Å². The third-order valence-corrected chi connectivity index (χ3v) is 3.03. The highest BCUT2D eigenvalue weighted by atomic mass is 16.5. The first kappa shape index (κ1) is 13.4. The Morgan fingerprint density at radius 2 is 2.05 bits per heavy atom. The second-order valence-electron chi connectivity index (χ2n) is 4.51. The summed E-state index contributed by atoms with van der Waals surface area (Å²) in [5, 5.41) is 17.4. The summed E-state index contributed by atoms with van der Waals surface area (Å²) in [4.78, 5) is 0. The Hall–Kier alpha value is -2.01. The molecule has 1 heterocycles. The summed E-state index contributed by atoms with van der Waals surface area (Å²) in [6.45, 7) is 3.29. The lowest BCUT2D eigenvalue weighted by Crippen LogP contribution is -2.13. The summed E-state index contributed by atoms with van der Waals surface area (Å²) >= 11 is 0. The predicted octanol–water partition coefficient (Wildman–Crippen LogP) is 1.73. The molecule has 2 aromatic rings. The Balaban J connectivity index is 1.97. The van der Waals surface area contributed by atoms with Crippen LogP contribution in [0, 0.1) is 6.92 Å². The number of aryl methyl sites for hydroxylation is 2. The number of benzene rings is 1. The molecular weight excluding hydrogens is 242 g/mol. The molecule has 0 bridgehead atoms. The van der Waals surface area contributed by atoms with E-state index in [1.165, 1.54) is 0 Å². The Kier molecular flexibility index (Phi) is 4.06. The molecule has 0 aliphatic carbocycles. The standard InChI is InChI=1S/C14H19N3O2/c1-10-12(9-17(2)16-10)8-15-7-11-6-13(19-3)4-5-14(11)18/h4-6,9,15,18H,7-8H2,1-3H3. The predicted molar refractivity (Wildman–Crippen MR) is 73.1 cm³/mol. The number of aromatic hydroxyl groups is 1. The number of methoxy groups -OCH3 is 1.